The highest BCUT2D eigenvalue weighted by atomic mass is 19.1. The fraction of sp³-hybridized carbons (Fsp3) is 0.391. The number of aromatic hydroxyl groups is 1. The molecule has 1 amide bonds. The average molecular weight is 397 g/mol. The average Bonchev–Trinajstić information content (AvgIpc) is 2.66. The van der Waals surface area contributed by atoms with E-state index in [-0.39, 0.29) is 17.1 Å². The molecule has 6 heteroatoms. The molecule has 2 aromatic carbocycles. The minimum atomic E-state index is -0.427. The van der Waals surface area contributed by atoms with Crippen LogP contribution in [-0.4, -0.2) is 29.3 Å². The van der Waals surface area contributed by atoms with Gasteiger partial charge in [0.15, 0.2) is 0 Å². The molecule has 0 aliphatic carbocycles. The Balaban J connectivity index is 1.83. The molecule has 1 unspecified atom stereocenters. The van der Waals surface area contributed by atoms with E-state index in [1.54, 1.807) is 6.07 Å². The third kappa shape index (κ3) is 4.42. The van der Waals surface area contributed by atoms with Crippen LogP contribution in [0.1, 0.15) is 67.9 Å². The van der Waals surface area contributed by atoms with Crippen LogP contribution in [0.25, 0.3) is 0 Å². The first kappa shape index (κ1) is 20.8. The molecule has 0 saturated heterocycles. The molecule has 2 aromatic rings. The number of halogens is 1. The zero-order valence-corrected chi connectivity index (χ0v) is 17.4. The number of nitrogens with zero attached hydrogens (tertiary/aromatic N) is 2. The van der Waals surface area contributed by atoms with Crippen molar-refractivity contribution in [1.82, 2.24) is 5.43 Å². The van der Waals surface area contributed by atoms with E-state index in [0.29, 0.717) is 17.0 Å². The minimum Gasteiger partial charge on any atom is -0.508 e. The zero-order valence-electron chi connectivity index (χ0n) is 17.4. The van der Waals surface area contributed by atoms with Gasteiger partial charge in [-0.2, -0.15) is 5.10 Å². The van der Waals surface area contributed by atoms with Crippen LogP contribution in [0, 0.1) is 5.82 Å². The number of phenols is 1. The Morgan fingerprint density at radius 1 is 1.34 bits per heavy atom. The van der Waals surface area contributed by atoms with Gasteiger partial charge in [0.1, 0.15) is 11.6 Å². The summed E-state index contributed by atoms with van der Waals surface area (Å²) in [5, 5.41) is 13.2. The van der Waals surface area contributed by atoms with Crippen molar-refractivity contribution < 1.29 is 14.3 Å². The van der Waals surface area contributed by atoms with Gasteiger partial charge in [-0.1, -0.05) is 13.8 Å². The number of amides is 1. The van der Waals surface area contributed by atoms with Crippen LogP contribution in [0.3, 0.4) is 0 Å². The molecule has 0 spiro atoms. The number of carbonyl (C=O) groups is 1. The van der Waals surface area contributed by atoms with E-state index >= 15 is 0 Å². The van der Waals surface area contributed by atoms with E-state index < -0.39 is 5.91 Å². The van der Waals surface area contributed by atoms with Crippen molar-refractivity contribution in [3.63, 3.8) is 0 Å². The number of rotatable bonds is 5. The third-order valence-electron chi connectivity index (χ3n) is 5.45. The molecule has 0 aromatic heterocycles. The fourth-order valence-electron chi connectivity index (χ4n) is 4.10. The van der Waals surface area contributed by atoms with Gasteiger partial charge >= 0.3 is 0 Å². The highest BCUT2D eigenvalue weighted by Gasteiger charge is 2.36. The number of hydrogen-bond donors (Lipinski definition) is 2. The van der Waals surface area contributed by atoms with Gasteiger partial charge in [0, 0.05) is 28.9 Å². The maximum atomic E-state index is 14.8. The monoisotopic (exact) mass is 397 g/mol. The largest absolute Gasteiger partial charge is 0.508 e. The summed E-state index contributed by atoms with van der Waals surface area (Å²) in [6.07, 6.45) is 3.32. The van der Waals surface area contributed by atoms with Crippen molar-refractivity contribution in [3.8, 4) is 5.75 Å². The second kappa shape index (κ2) is 8.23. The van der Waals surface area contributed by atoms with Crippen molar-refractivity contribution in [2.24, 2.45) is 5.10 Å². The molecule has 29 heavy (non-hydrogen) atoms. The lowest BCUT2D eigenvalue weighted by Gasteiger charge is -2.47. The lowest BCUT2D eigenvalue weighted by Crippen LogP contribution is -2.48. The first-order valence-corrected chi connectivity index (χ1v) is 9.96. The summed E-state index contributed by atoms with van der Waals surface area (Å²) in [5.74, 6) is -0.413. The lowest BCUT2D eigenvalue weighted by atomic mass is 9.79. The highest BCUT2D eigenvalue weighted by molar-refractivity contribution is 5.95. The van der Waals surface area contributed by atoms with Crippen LogP contribution in [-0.2, 0) is 0 Å². The molecular formula is C23H28FN3O2. The quantitative estimate of drug-likeness (QED) is 0.563. The summed E-state index contributed by atoms with van der Waals surface area (Å²) >= 11 is 0. The third-order valence-corrected chi connectivity index (χ3v) is 5.45. The molecular weight excluding hydrogens is 369 g/mol. The molecule has 3 rings (SSSR count). The predicted octanol–water partition coefficient (Wildman–Crippen LogP) is 4.80. The first-order valence-electron chi connectivity index (χ1n) is 9.96. The number of anilines is 1. The van der Waals surface area contributed by atoms with Gasteiger partial charge in [-0.15, -0.1) is 0 Å². The number of carbonyl (C=O) groups excluding carboxylic acids is 1. The van der Waals surface area contributed by atoms with Crippen molar-refractivity contribution in [3.05, 3.63) is 58.9 Å². The van der Waals surface area contributed by atoms with Crippen LogP contribution >= 0.6 is 0 Å². The highest BCUT2D eigenvalue weighted by Crippen LogP contribution is 2.44. The molecule has 0 saturated carbocycles. The van der Waals surface area contributed by atoms with Gasteiger partial charge in [0.2, 0.25) is 0 Å². The fourth-order valence-corrected chi connectivity index (χ4v) is 4.10. The molecule has 0 bridgehead atoms. The normalized spacial score (nSPS) is 18.0. The number of nitrogens with one attached hydrogen (secondary N) is 1. The lowest BCUT2D eigenvalue weighted by molar-refractivity contribution is 0.0955. The number of benzene rings is 2. The summed E-state index contributed by atoms with van der Waals surface area (Å²) in [5.41, 5.74) is 5.12. The van der Waals surface area contributed by atoms with E-state index in [2.05, 4.69) is 43.1 Å². The SMILES string of the molecule is CCCN1c2cc(F)c(/C=N\NC(=O)c3ccc(O)cc3)cc2C(C)CC1(C)C. The van der Waals surface area contributed by atoms with E-state index in [1.165, 1.54) is 30.5 Å². The molecule has 5 nitrogen and oxygen atoms in total. The smallest absolute Gasteiger partial charge is 0.271 e. The summed E-state index contributed by atoms with van der Waals surface area (Å²) in [6.45, 7) is 9.57. The molecule has 1 atom stereocenters. The van der Waals surface area contributed by atoms with Crippen LogP contribution in [0.2, 0.25) is 0 Å². The maximum Gasteiger partial charge on any atom is 0.271 e. The van der Waals surface area contributed by atoms with Gasteiger partial charge in [-0.05, 0) is 74.6 Å². The number of fused-ring (bicyclic) bond motifs is 1. The topological polar surface area (TPSA) is 64.9 Å². The summed E-state index contributed by atoms with van der Waals surface area (Å²) in [7, 11) is 0. The van der Waals surface area contributed by atoms with Crippen molar-refractivity contribution in [2.45, 2.75) is 52.0 Å². The number of phenolic OH excluding ortho intramolecular Hbond substituents is 1. The second-order valence-electron chi connectivity index (χ2n) is 8.25. The van der Waals surface area contributed by atoms with E-state index in [4.69, 9.17) is 0 Å². The van der Waals surface area contributed by atoms with Gasteiger partial charge in [0.25, 0.3) is 5.91 Å². The van der Waals surface area contributed by atoms with Gasteiger partial charge in [-0.3, -0.25) is 4.79 Å². The Morgan fingerprint density at radius 3 is 2.69 bits per heavy atom. The first-order chi connectivity index (χ1) is 13.7. The second-order valence-corrected chi connectivity index (χ2v) is 8.25. The van der Waals surface area contributed by atoms with Crippen LogP contribution in [0.4, 0.5) is 10.1 Å². The van der Waals surface area contributed by atoms with E-state index in [0.717, 1.165) is 30.6 Å². The summed E-state index contributed by atoms with van der Waals surface area (Å²) in [6, 6.07) is 9.26. The van der Waals surface area contributed by atoms with E-state index in [1.807, 2.05) is 6.07 Å². The van der Waals surface area contributed by atoms with Gasteiger partial charge < -0.3 is 10.0 Å². The molecule has 0 fully saturated rings. The van der Waals surface area contributed by atoms with Crippen molar-refractivity contribution in [1.29, 1.82) is 0 Å². The standard InChI is InChI=1S/C23H28FN3O2/c1-5-10-27-21-12-20(24)17(11-19(21)15(2)13-23(27,3)4)14-25-26-22(29)16-6-8-18(28)9-7-16/h6-9,11-12,14-15,28H,5,10,13H2,1-4H3,(H,26,29)/b25-14-. The Morgan fingerprint density at radius 2 is 2.03 bits per heavy atom. The predicted molar refractivity (Wildman–Crippen MR) is 114 cm³/mol. The zero-order chi connectivity index (χ0) is 21.2. The van der Waals surface area contributed by atoms with Crippen LogP contribution in [0.15, 0.2) is 41.5 Å². The molecule has 0 radical (unpaired) electrons. The summed E-state index contributed by atoms with van der Waals surface area (Å²) in [4.78, 5) is 14.4. The van der Waals surface area contributed by atoms with Gasteiger partial charge in [0.05, 0.1) is 6.21 Å². The molecule has 1 heterocycles. The Bertz CT molecular complexity index is 922. The Kier molecular flexibility index (Phi) is 5.91. The maximum absolute atomic E-state index is 14.8. The molecule has 2 N–H and O–H groups in total. The molecule has 1 aliphatic rings. The number of hydrogen-bond acceptors (Lipinski definition) is 4. The van der Waals surface area contributed by atoms with E-state index in [9.17, 15) is 14.3 Å². The van der Waals surface area contributed by atoms with Crippen molar-refractivity contribution >= 4 is 17.8 Å². The minimum absolute atomic E-state index is 0.0252. The van der Waals surface area contributed by atoms with Crippen molar-refractivity contribution in [2.75, 3.05) is 11.4 Å². The van der Waals surface area contributed by atoms with Gasteiger partial charge in [-0.25, -0.2) is 9.82 Å². The molecule has 154 valence electrons. The van der Waals surface area contributed by atoms with Crippen LogP contribution < -0.4 is 10.3 Å². The summed E-state index contributed by atoms with van der Waals surface area (Å²) < 4.78 is 14.8. The Labute approximate surface area is 171 Å². The van der Waals surface area contributed by atoms with Crippen LogP contribution in [0.5, 0.6) is 5.75 Å². The molecule has 1 aliphatic heterocycles. The number of hydrazone groups is 1. The Hall–Kier alpha value is -2.89.